The van der Waals surface area contributed by atoms with Gasteiger partial charge in [-0.25, -0.2) is 4.39 Å². The molecule has 0 atom stereocenters. The van der Waals surface area contributed by atoms with Gasteiger partial charge in [-0.2, -0.15) is 4.98 Å². The minimum Gasteiger partial charge on any atom is -0.398 e. The Kier molecular flexibility index (Phi) is 3.08. The van der Waals surface area contributed by atoms with E-state index in [-0.39, 0.29) is 11.6 Å². The van der Waals surface area contributed by atoms with Crippen LogP contribution in [0.2, 0.25) is 0 Å². The highest BCUT2D eigenvalue weighted by molar-refractivity contribution is 9.10. The summed E-state index contributed by atoms with van der Waals surface area (Å²) in [6.45, 7) is 0. The Hall–Kier alpha value is -1.73. The molecule has 0 aliphatic heterocycles. The third-order valence-electron chi connectivity index (χ3n) is 2.46. The Morgan fingerprint density at radius 1 is 1.32 bits per heavy atom. The van der Waals surface area contributed by atoms with Gasteiger partial charge in [0.15, 0.2) is 0 Å². The molecule has 2 heterocycles. The molecule has 0 radical (unpaired) electrons. The van der Waals surface area contributed by atoms with Crippen LogP contribution < -0.4 is 5.73 Å². The van der Waals surface area contributed by atoms with Crippen molar-refractivity contribution in [2.24, 2.45) is 0 Å². The molecule has 0 aliphatic rings. The van der Waals surface area contributed by atoms with Crippen molar-refractivity contribution in [3.05, 3.63) is 39.9 Å². The number of hydrogen-bond acceptors (Lipinski definition) is 5. The van der Waals surface area contributed by atoms with E-state index < -0.39 is 5.82 Å². The number of nitrogen functional groups attached to an aromatic ring is 1. The normalized spacial score (nSPS) is 10.8. The fourth-order valence-electron chi connectivity index (χ4n) is 1.59. The van der Waals surface area contributed by atoms with Gasteiger partial charge in [0, 0.05) is 15.5 Å². The number of halogens is 2. The smallest absolute Gasteiger partial charge is 0.260 e. The Labute approximate surface area is 120 Å². The maximum absolute atomic E-state index is 13.0. The maximum Gasteiger partial charge on any atom is 0.260 e. The first-order chi connectivity index (χ1) is 9.13. The second-order valence-electron chi connectivity index (χ2n) is 3.78. The predicted molar refractivity (Wildman–Crippen MR) is 75.1 cm³/mol. The number of aromatic nitrogens is 2. The maximum atomic E-state index is 13.0. The second kappa shape index (κ2) is 4.75. The Morgan fingerprint density at radius 2 is 2.16 bits per heavy atom. The summed E-state index contributed by atoms with van der Waals surface area (Å²) in [4.78, 5) is 5.14. The molecule has 0 unspecified atom stereocenters. The van der Waals surface area contributed by atoms with Gasteiger partial charge in [0.05, 0.1) is 10.4 Å². The van der Waals surface area contributed by atoms with E-state index in [1.54, 1.807) is 0 Å². The first kappa shape index (κ1) is 12.3. The van der Waals surface area contributed by atoms with Gasteiger partial charge in [0.25, 0.3) is 5.89 Å². The van der Waals surface area contributed by atoms with Crippen molar-refractivity contribution in [2.75, 3.05) is 5.73 Å². The highest BCUT2D eigenvalue weighted by atomic mass is 79.9. The lowest BCUT2D eigenvalue weighted by molar-refractivity contribution is 0.432. The van der Waals surface area contributed by atoms with E-state index in [9.17, 15) is 4.39 Å². The lowest BCUT2D eigenvalue weighted by Crippen LogP contribution is -1.91. The highest BCUT2D eigenvalue weighted by Gasteiger charge is 2.14. The molecule has 96 valence electrons. The van der Waals surface area contributed by atoms with Crippen molar-refractivity contribution >= 4 is 33.0 Å². The number of nitrogens with zero attached hydrogens (tertiary/aromatic N) is 2. The third kappa shape index (κ3) is 2.39. The summed E-state index contributed by atoms with van der Waals surface area (Å²) in [6.07, 6.45) is 0. The Balaban J connectivity index is 2.01. The van der Waals surface area contributed by atoms with Crippen molar-refractivity contribution in [1.82, 2.24) is 10.1 Å². The highest BCUT2D eigenvalue weighted by Crippen LogP contribution is 2.31. The molecule has 2 aromatic heterocycles. The van der Waals surface area contributed by atoms with Crippen molar-refractivity contribution in [1.29, 1.82) is 0 Å². The van der Waals surface area contributed by atoms with Crippen molar-refractivity contribution in [3.8, 4) is 22.2 Å². The van der Waals surface area contributed by atoms with Crippen LogP contribution in [0.4, 0.5) is 10.1 Å². The topological polar surface area (TPSA) is 64.9 Å². The van der Waals surface area contributed by atoms with E-state index in [0.717, 1.165) is 9.35 Å². The van der Waals surface area contributed by atoms with E-state index in [2.05, 4.69) is 26.1 Å². The molecule has 0 amide bonds. The first-order valence-electron chi connectivity index (χ1n) is 5.27. The molecule has 0 bridgehead atoms. The summed E-state index contributed by atoms with van der Waals surface area (Å²) in [5.74, 6) is 0.356. The summed E-state index contributed by atoms with van der Waals surface area (Å²) in [7, 11) is 0. The Bertz CT molecular complexity index is 740. The van der Waals surface area contributed by atoms with Crippen molar-refractivity contribution in [2.45, 2.75) is 0 Å². The number of thiophene rings is 1. The zero-order chi connectivity index (χ0) is 13.4. The van der Waals surface area contributed by atoms with E-state index in [0.29, 0.717) is 11.4 Å². The van der Waals surface area contributed by atoms with Gasteiger partial charge in [-0.15, -0.1) is 11.3 Å². The van der Waals surface area contributed by atoms with E-state index in [1.165, 1.54) is 29.5 Å². The number of nitrogens with two attached hydrogens (primary N) is 1. The lowest BCUT2D eigenvalue weighted by Gasteiger charge is -1.99. The van der Waals surface area contributed by atoms with Crippen LogP contribution in [0.1, 0.15) is 0 Å². The van der Waals surface area contributed by atoms with Crippen LogP contribution in [-0.2, 0) is 0 Å². The molecule has 0 aliphatic carbocycles. The van der Waals surface area contributed by atoms with Crippen LogP contribution in [0, 0.1) is 5.82 Å². The van der Waals surface area contributed by atoms with Gasteiger partial charge in [-0.1, -0.05) is 5.16 Å². The fourth-order valence-corrected chi connectivity index (χ4v) is 2.94. The lowest BCUT2D eigenvalue weighted by atomic mass is 10.2. The molecule has 0 saturated carbocycles. The minimum atomic E-state index is -0.400. The molecule has 3 rings (SSSR count). The van der Waals surface area contributed by atoms with Gasteiger partial charge >= 0.3 is 0 Å². The van der Waals surface area contributed by atoms with Gasteiger partial charge in [0.1, 0.15) is 5.82 Å². The zero-order valence-corrected chi connectivity index (χ0v) is 11.8. The van der Waals surface area contributed by atoms with Crippen LogP contribution in [0.5, 0.6) is 0 Å². The average Bonchev–Trinajstić information content (AvgIpc) is 2.97. The monoisotopic (exact) mass is 339 g/mol. The SMILES string of the molecule is Nc1cc(F)ccc1-c1nc(-c2cc(Br)cs2)no1. The minimum absolute atomic E-state index is 0.266. The fraction of sp³-hybridized carbons (Fsp3) is 0. The van der Waals surface area contributed by atoms with E-state index in [1.807, 2.05) is 11.4 Å². The van der Waals surface area contributed by atoms with Crippen LogP contribution >= 0.6 is 27.3 Å². The Morgan fingerprint density at radius 3 is 2.84 bits per heavy atom. The summed E-state index contributed by atoms with van der Waals surface area (Å²) in [5.41, 5.74) is 6.52. The molecule has 0 fully saturated rings. The van der Waals surface area contributed by atoms with Gasteiger partial charge in [-0.3, -0.25) is 0 Å². The van der Waals surface area contributed by atoms with Gasteiger partial charge in [-0.05, 0) is 40.2 Å². The van der Waals surface area contributed by atoms with E-state index >= 15 is 0 Å². The van der Waals surface area contributed by atoms with E-state index in [4.69, 9.17) is 10.3 Å². The molecule has 0 saturated heterocycles. The number of hydrogen-bond donors (Lipinski definition) is 1. The molecule has 4 nitrogen and oxygen atoms in total. The molecular formula is C12H7BrFN3OS. The summed E-state index contributed by atoms with van der Waals surface area (Å²) >= 11 is 4.86. The molecular weight excluding hydrogens is 333 g/mol. The molecule has 1 aromatic carbocycles. The third-order valence-corrected chi connectivity index (χ3v) is 4.14. The molecule has 3 aromatic rings. The summed E-state index contributed by atoms with van der Waals surface area (Å²) in [5, 5.41) is 5.82. The summed E-state index contributed by atoms with van der Waals surface area (Å²) < 4.78 is 19.1. The predicted octanol–water partition coefficient (Wildman–Crippen LogP) is 3.95. The van der Waals surface area contributed by atoms with Crippen LogP contribution in [0.15, 0.2) is 38.6 Å². The quantitative estimate of drug-likeness (QED) is 0.718. The molecule has 2 N–H and O–H groups in total. The largest absolute Gasteiger partial charge is 0.398 e. The number of anilines is 1. The standard InChI is InChI=1S/C12H7BrFN3OS/c13-6-3-10(19-5-6)11-16-12(18-17-11)8-2-1-7(14)4-9(8)15/h1-5H,15H2. The number of rotatable bonds is 2. The van der Waals surface area contributed by atoms with Crippen LogP contribution in [-0.4, -0.2) is 10.1 Å². The first-order valence-corrected chi connectivity index (χ1v) is 6.94. The zero-order valence-electron chi connectivity index (χ0n) is 9.43. The van der Waals surface area contributed by atoms with Crippen molar-refractivity contribution in [3.63, 3.8) is 0 Å². The van der Waals surface area contributed by atoms with Crippen molar-refractivity contribution < 1.29 is 8.91 Å². The van der Waals surface area contributed by atoms with Gasteiger partial charge in [0.2, 0.25) is 5.82 Å². The van der Waals surface area contributed by atoms with Crippen LogP contribution in [0.3, 0.4) is 0 Å². The number of benzene rings is 1. The molecule has 19 heavy (non-hydrogen) atoms. The van der Waals surface area contributed by atoms with Crippen LogP contribution in [0.25, 0.3) is 22.2 Å². The average molecular weight is 340 g/mol. The summed E-state index contributed by atoms with van der Waals surface area (Å²) in [6, 6.07) is 5.94. The molecule has 0 spiro atoms. The van der Waals surface area contributed by atoms with Gasteiger partial charge < -0.3 is 10.3 Å². The second-order valence-corrected chi connectivity index (χ2v) is 5.61. The molecule has 7 heteroatoms.